The molecule has 1 saturated heterocycles. The molecule has 110 valence electrons. The standard InChI is InChI=1S/C16H18N2O3/c1-16(7-4-8-21-10-16)18-14-11-5-2-3-6-13(11)17-9-12(14)15(19)20/h2-3,5-6,9H,4,7-8,10H2,1H3,(H,17,18)(H,19,20). The first-order chi connectivity index (χ1) is 10.1. The SMILES string of the molecule is CC1(Nc2c(C(=O)O)cnc3ccccc23)CCCOC1. The van der Waals surface area contributed by atoms with Gasteiger partial charge in [-0.2, -0.15) is 0 Å². The van der Waals surface area contributed by atoms with E-state index in [4.69, 9.17) is 4.74 Å². The number of carbonyl (C=O) groups is 1. The van der Waals surface area contributed by atoms with Gasteiger partial charge in [0.1, 0.15) is 5.56 Å². The Morgan fingerprint density at radius 3 is 2.95 bits per heavy atom. The Bertz CT molecular complexity index is 678. The van der Waals surface area contributed by atoms with Crippen LogP contribution in [0.4, 0.5) is 5.69 Å². The molecule has 0 saturated carbocycles. The molecule has 0 bridgehead atoms. The van der Waals surface area contributed by atoms with Crippen LogP contribution in [0, 0.1) is 0 Å². The second-order valence-electron chi connectivity index (χ2n) is 5.71. The molecule has 21 heavy (non-hydrogen) atoms. The summed E-state index contributed by atoms with van der Waals surface area (Å²) in [6.45, 7) is 3.40. The molecule has 0 radical (unpaired) electrons. The third-order valence-corrected chi connectivity index (χ3v) is 3.87. The van der Waals surface area contributed by atoms with Crippen LogP contribution >= 0.6 is 0 Å². The molecule has 2 N–H and O–H groups in total. The number of ether oxygens (including phenoxy) is 1. The van der Waals surface area contributed by atoms with Gasteiger partial charge in [0.15, 0.2) is 0 Å². The van der Waals surface area contributed by atoms with Crippen LogP contribution in [-0.4, -0.2) is 34.8 Å². The number of rotatable bonds is 3. The number of hydrogen-bond acceptors (Lipinski definition) is 4. The van der Waals surface area contributed by atoms with E-state index in [-0.39, 0.29) is 11.1 Å². The van der Waals surface area contributed by atoms with Crippen molar-refractivity contribution in [1.82, 2.24) is 4.98 Å². The van der Waals surface area contributed by atoms with Crippen LogP contribution in [0.5, 0.6) is 0 Å². The highest BCUT2D eigenvalue weighted by Gasteiger charge is 2.29. The maximum Gasteiger partial charge on any atom is 0.339 e. The Morgan fingerprint density at radius 2 is 2.24 bits per heavy atom. The number of anilines is 1. The highest BCUT2D eigenvalue weighted by Crippen LogP contribution is 2.31. The number of carboxylic acid groups (broad SMARTS) is 1. The van der Waals surface area contributed by atoms with Crippen molar-refractivity contribution in [3.8, 4) is 0 Å². The van der Waals surface area contributed by atoms with Crippen LogP contribution in [0.25, 0.3) is 10.9 Å². The monoisotopic (exact) mass is 286 g/mol. The van der Waals surface area contributed by atoms with Gasteiger partial charge in [-0.3, -0.25) is 4.98 Å². The molecule has 2 aromatic rings. The zero-order valence-corrected chi connectivity index (χ0v) is 11.9. The lowest BCUT2D eigenvalue weighted by Crippen LogP contribution is -2.43. The fourth-order valence-electron chi connectivity index (χ4n) is 2.77. The third-order valence-electron chi connectivity index (χ3n) is 3.87. The summed E-state index contributed by atoms with van der Waals surface area (Å²) in [5.41, 5.74) is 1.35. The smallest absolute Gasteiger partial charge is 0.339 e. The number of nitrogens with zero attached hydrogens (tertiary/aromatic N) is 1. The lowest BCUT2D eigenvalue weighted by molar-refractivity contribution is 0.0539. The van der Waals surface area contributed by atoms with Crippen molar-refractivity contribution in [3.05, 3.63) is 36.0 Å². The molecule has 1 unspecified atom stereocenters. The highest BCUT2D eigenvalue weighted by atomic mass is 16.5. The average Bonchev–Trinajstić information content (AvgIpc) is 2.47. The molecule has 3 rings (SSSR count). The molecule has 5 heteroatoms. The number of carboxylic acids is 1. The predicted octanol–water partition coefficient (Wildman–Crippen LogP) is 2.91. The predicted molar refractivity (Wildman–Crippen MR) is 80.8 cm³/mol. The van der Waals surface area contributed by atoms with Crippen LogP contribution in [-0.2, 0) is 4.74 Å². The summed E-state index contributed by atoms with van der Waals surface area (Å²) in [5, 5.41) is 13.7. The van der Waals surface area contributed by atoms with Gasteiger partial charge in [0, 0.05) is 18.2 Å². The molecule has 1 aliphatic heterocycles. The summed E-state index contributed by atoms with van der Waals surface area (Å²) in [5.74, 6) is -0.976. The summed E-state index contributed by atoms with van der Waals surface area (Å²) >= 11 is 0. The molecule has 1 aromatic carbocycles. The summed E-state index contributed by atoms with van der Waals surface area (Å²) in [6, 6.07) is 7.56. The van der Waals surface area contributed by atoms with E-state index in [0.717, 1.165) is 30.4 Å². The van der Waals surface area contributed by atoms with Gasteiger partial charge in [-0.05, 0) is 25.8 Å². The fourth-order valence-corrected chi connectivity index (χ4v) is 2.77. The zero-order chi connectivity index (χ0) is 14.9. The molecule has 1 atom stereocenters. The van der Waals surface area contributed by atoms with Crippen LogP contribution in [0.2, 0.25) is 0 Å². The number of benzene rings is 1. The maximum atomic E-state index is 11.5. The Balaban J connectivity index is 2.10. The molecule has 0 aliphatic carbocycles. The van der Waals surface area contributed by atoms with E-state index in [1.165, 1.54) is 6.20 Å². The lowest BCUT2D eigenvalue weighted by atomic mass is 9.93. The van der Waals surface area contributed by atoms with Gasteiger partial charge < -0.3 is 15.2 Å². The second-order valence-corrected chi connectivity index (χ2v) is 5.71. The Hall–Kier alpha value is -2.14. The van der Waals surface area contributed by atoms with Crippen molar-refractivity contribution in [2.45, 2.75) is 25.3 Å². The highest BCUT2D eigenvalue weighted by molar-refractivity contribution is 6.04. The van der Waals surface area contributed by atoms with Gasteiger partial charge >= 0.3 is 5.97 Å². The van der Waals surface area contributed by atoms with Crippen molar-refractivity contribution in [2.75, 3.05) is 18.5 Å². The van der Waals surface area contributed by atoms with Crippen molar-refractivity contribution in [1.29, 1.82) is 0 Å². The minimum atomic E-state index is -0.976. The third kappa shape index (κ3) is 2.69. The van der Waals surface area contributed by atoms with E-state index in [2.05, 4.69) is 17.2 Å². The molecular formula is C16H18N2O3. The Kier molecular flexibility index (Phi) is 3.51. The largest absolute Gasteiger partial charge is 0.478 e. The van der Waals surface area contributed by atoms with Crippen molar-refractivity contribution >= 4 is 22.6 Å². The summed E-state index contributed by atoms with van der Waals surface area (Å²) < 4.78 is 5.54. The normalized spacial score (nSPS) is 22.1. The van der Waals surface area contributed by atoms with E-state index in [0.29, 0.717) is 12.3 Å². The van der Waals surface area contributed by atoms with E-state index in [1.54, 1.807) is 0 Å². The van der Waals surface area contributed by atoms with E-state index >= 15 is 0 Å². The number of aromatic carboxylic acids is 1. The first-order valence-electron chi connectivity index (χ1n) is 7.06. The molecule has 5 nitrogen and oxygen atoms in total. The molecule has 1 aliphatic rings. The molecule has 1 fully saturated rings. The topological polar surface area (TPSA) is 71.5 Å². The quantitative estimate of drug-likeness (QED) is 0.907. The number of hydrogen-bond donors (Lipinski definition) is 2. The Labute approximate surface area is 123 Å². The lowest BCUT2D eigenvalue weighted by Gasteiger charge is -2.36. The van der Waals surface area contributed by atoms with Gasteiger partial charge in [-0.25, -0.2) is 4.79 Å². The summed E-state index contributed by atoms with van der Waals surface area (Å²) in [6.07, 6.45) is 3.33. The van der Waals surface area contributed by atoms with Gasteiger partial charge in [0.25, 0.3) is 0 Å². The number of para-hydroxylation sites is 1. The first kappa shape index (κ1) is 13.8. The number of fused-ring (bicyclic) bond motifs is 1. The molecule has 1 aromatic heterocycles. The van der Waals surface area contributed by atoms with Crippen LogP contribution in [0.3, 0.4) is 0 Å². The summed E-state index contributed by atoms with van der Waals surface area (Å²) in [7, 11) is 0. The number of nitrogens with one attached hydrogen (secondary N) is 1. The number of aromatic nitrogens is 1. The van der Waals surface area contributed by atoms with Crippen LogP contribution < -0.4 is 5.32 Å². The average molecular weight is 286 g/mol. The minimum Gasteiger partial charge on any atom is -0.478 e. The molecule has 2 heterocycles. The molecule has 0 spiro atoms. The van der Waals surface area contributed by atoms with Gasteiger partial charge in [0.2, 0.25) is 0 Å². The second kappa shape index (κ2) is 5.33. The van der Waals surface area contributed by atoms with Gasteiger partial charge in [0.05, 0.1) is 23.3 Å². The van der Waals surface area contributed by atoms with Crippen molar-refractivity contribution in [2.24, 2.45) is 0 Å². The Morgan fingerprint density at radius 1 is 1.43 bits per heavy atom. The van der Waals surface area contributed by atoms with Crippen molar-refractivity contribution in [3.63, 3.8) is 0 Å². The van der Waals surface area contributed by atoms with Crippen molar-refractivity contribution < 1.29 is 14.6 Å². The first-order valence-corrected chi connectivity index (χ1v) is 7.06. The van der Waals surface area contributed by atoms with E-state index in [9.17, 15) is 9.90 Å². The summed E-state index contributed by atoms with van der Waals surface area (Å²) in [4.78, 5) is 15.7. The number of pyridine rings is 1. The van der Waals surface area contributed by atoms with Crippen LogP contribution in [0.1, 0.15) is 30.1 Å². The van der Waals surface area contributed by atoms with Gasteiger partial charge in [-0.15, -0.1) is 0 Å². The minimum absolute atomic E-state index is 0.195. The maximum absolute atomic E-state index is 11.5. The fraction of sp³-hybridized carbons (Fsp3) is 0.375. The zero-order valence-electron chi connectivity index (χ0n) is 11.9. The van der Waals surface area contributed by atoms with Gasteiger partial charge in [-0.1, -0.05) is 18.2 Å². The van der Waals surface area contributed by atoms with Crippen LogP contribution in [0.15, 0.2) is 30.5 Å². The van der Waals surface area contributed by atoms with E-state index in [1.807, 2.05) is 24.3 Å². The van der Waals surface area contributed by atoms with E-state index < -0.39 is 5.97 Å². The molecular weight excluding hydrogens is 268 g/mol. The molecule has 0 amide bonds.